The molecule has 29 heavy (non-hydrogen) atoms. The third-order valence-corrected chi connectivity index (χ3v) is 5.61. The summed E-state index contributed by atoms with van der Waals surface area (Å²) in [6, 6.07) is 7.55. The Bertz CT molecular complexity index is 972. The fourth-order valence-corrected chi connectivity index (χ4v) is 3.92. The molecule has 0 unspecified atom stereocenters. The van der Waals surface area contributed by atoms with Gasteiger partial charge in [0.15, 0.2) is 11.5 Å². The summed E-state index contributed by atoms with van der Waals surface area (Å²) in [7, 11) is -0.801. The molecule has 0 amide bonds. The fourth-order valence-electron chi connectivity index (χ4n) is 2.17. The first-order chi connectivity index (χ1) is 13.4. The number of alkyl halides is 3. The van der Waals surface area contributed by atoms with Gasteiger partial charge in [-0.05, 0) is 44.4 Å². The van der Waals surface area contributed by atoms with Crippen molar-refractivity contribution in [3.8, 4) is 11.5 Å². The van der Waals surface area contributed by atoms with Gasteiger partial charge in [-0.3, -0.25) is 4.72 Å². The Hall–Kier alpha value is -1.69. The van der Waals surface area contributed by atoms with Crippen LogP contribution in [0.4, 0.5) is 18.9 Å². The Balaban J connectivity index is 2.39. The lowest BCUT2D eigenvalue weighted by atomic mass is 10.3. The molecule has 0 saturated carbocycles. The van der Waals surface area contributed by atoms with Crippen molar-refractivity contribution in [3.05, 3.63) is 45.9 Å². The lowest BCUT2D eigenvalue weighted by Crippen LogP contribution is -2.22. The molecule has 2 rings (SSSR count). The SMILES string of the molecule is CN(C)CCOc1c(Cl)cccc1NS(=O)(=O)c1ccc(Br)cc1OC(F)(F)F. The Kier molecular flexibility index (Phi) is 7.66. The summed E-state index contributed by atoms with van der Waals surface area (Å²) in [5.41, 5.74) is -0.0165. The van der Waals surface area contributed by atoms with Gasteiger partial charge in [0.2, 0.25) is 0 Å². The van der Waals surface area contributed by atoms with E-state index in [2.05, 4.69) is 25.4 Å². The number of rotatable bonds is 8. The van der Waals surface area contributed by atoms with Crippen LogP contribution < -0.4 is 14.2 Å². The molecular weight excluding hydrogens is 501 g/mol. The number of ether oxygens (including phenoxy) is 2. The standard InChI is InChI=1S/C17H17BrClF3N2O4S/c1-24(2)8-9-27-16-12(19)4-3-5-13(16)23-29(25,26)15-7-6-11(18)10-14(15)28-17(20,21)22/h3-7,10,23H,8-9H2,1-2H3. The van der Waals surface area contributed by atoms with E-state index in [1.165, 1.54) is 24.3 Å². The van der Waals surface area contributed by atoms with Crippen LogP contribution >= 0.6 is 27.5 Å². The molecule has 0 aliphatic carbocycles. The smallest absolute Gasteiger partial charge is 0.488 e. The lowest BCUT2D eigenvalue weighted by molar-refractivity contribution is -0.275. The average Bonchev–Trinajstić information content (AvgIpc) is 2.55. The van der Waals surface area contributed by atoms with E-state index in [1.807, 2.05) is 19.0 Å². The largest absolute Gasteiger partial charge is 0.573 e. The van der Waals surface area contributed by atoms with Crippen LogP contribution in [-0.4, -0.2) is 46.9 Å². The van der Waals surface area contributed by atoms with Crippen molar-refractivity contribution in [2.75, 3.05) is 32.0 Å². The van der Waals surface area contributed by atoms with Gasteiger partial charge in [-0.1, -0.05) is 33.6 Å². The molecule has 0 aliphatic rings. The number of sulfonamides is 1. The zero-order chi connectivity index (χ0) is 21.8. The molecule has 0 bridgehead atoms. The number of hydrogen-bond donors (Lipinski definition) is 1. The molecule has 0 spiro atoms. The van der Waals surface area contributed by atoms with Crippen LogP contribution in [0.25, 0.3) is 0 Å². The normalized spacial score (nSPS) is 12.1. The van der Waals surface area contributed by atoms with Gasteiger partial charge in [0.25, 0.3) is 10.0 Å². The van der Waals surface area contributed by atoms with Gasteiger partial charge in [-0.2, -0.15) is 0 Å². The molecular formula is C17H17BrClF3N2O4S. The Morgan fingerprint density at radius 3 is 2.52 bits per heavy atom. The summed E-state index contributed by atoms with van der Waals surface area (Å²) in [5.74, 6) is -0.813. The molecule has 2 aromatic carbocycles. The second-order valence-corrected chi connectivity index (χ2v) is 8.99. The number of likely N-dealkylation sites (N-methyl/N-ethyl adjacent to an activating group) is 1. The first kappa shape index (κ1) is 23.6. The molecule has 160 valence electrons. The van der Waals surface area contributed by atoms with Gasteiger partial charge in [0, 0.05) is 11.0 Å². The molecule has 0 aliphatic heterocycles. The number of nitrogens with one attached hydrogen (secondary N) is 1. The lowest BCUT2D eigenvalue weighted by Gasteiger charge is -2.18. The zero-order valence-electron chi connectivity index (χ0n) is 15.3. The molecule has 0 atom stereocenters. The van der Waals surface area contributed by atoms with Crippen molar-refractivity contribution in [1.82, 2.24) is 4.90 Å². The number of nitrogens with zero attached hydrogens (tertiary/aromatic N) is 1. The first-order valence-corrected chi connectivity index (χ1v) is 10.7. The fraction of sp³-hybridized carbons (Fsp3) is 0.294. The van der Waals surface area contributed by atoms with Crippen LogP contribution in [0, 0.1) is 0 Å². The molecule has 0 saturated heterocycles. The summed E-state index contributed by atoms with van der Waals surface area (Å²) in [5, 5.41) is 0.145. The summed E-state index contributed by atoms with van der Waals surface area (Å²) in [6.07, 6.45) is -5.07. The predicted molar refractivity (Wildman–Crippen MR) is 107 cm³/mol. The quantitative estimate of drug-likeness (QED) is 0.548. The molecule has 0 aromatic heterocycles. The van der Waals surface area contributed by atoms with E-state index in [-0.39, 0.29) is 27.5 Å². The number of para-hydroxylation sites is 1. The highest BCUT2D eigenvalue weighted by Gasteiger charge is 2.34. The Morgan fingerprint density at radius 1 is 1.21 bits per heavy atom. The minimum Gasteiger partial charge on any atom is -0.488 e. The summed E-state index contributed by atoms with van der Waals surface area (Å²) in [6.45, 7) is 0.750. The number of anilines is 1. The molecule has 6 nitrogen and oxygen atoms in total. The zero-order valence-corrected chi connectivity index (χ0v) is 18.4. The highest BCUT2D eigenvalue weighted by atomic mass is 79.9. The van der Waals surface area contributed by atoms with E-state index in [9.17, 15) is 21.6 Å². The van der Waals surface area contributed by atoms with Crippen LogP contribution in [0.1, 0.15) is 0 Å². The molecule has 1 N–H and O–H groups in total. The van der Waals surface area contributed by atoms with Gasteiger partial charge in [0.1, 0.15) is 11.5 Å². The van der Waals surface area contributed by atoms with E-state index in [0.29, 0.717) is 6.54 Å². The topological polar surface area (TPSA) is 67.9 Å². The van der Waals surface area contributed by atoms with Crippen molar-refractivity contribution in [2.45, 2.75) is 11.3 Å². The first-order valence-electron chi connectivity index (χ1n) is 8.03. The van der Waals surface area contributed by atoms with Gasteiger partial charge < -0.3 is 14.4 Å². The minimum absolute atomic E-state index is 0.0165. The van der Waals surface area contributed by atoms with E-state index in [1.54, 1.807) is 0 Å². The number of hydrogen-bond acceptors (Lipinski definition) is 5. The maximum Gasteiger partial charge on any atom is 0.573 e. The van der Waals surface area contributed by atoms with E-state index < -0.39 is 27.0 Å². The number of halogens is 5. The molecule has 0 fully saturated rings. The van der Waals surface area contributed by atoms with Gasteiger partial charge in [-0.25, -0.2) is 8.42 Å². The second kappa shape index (κ2) is 9.41. The van der Waals surface area contributed by atoms with E-state index in [4.69, 9.17) is 16.3 Å². The number of benzene rings is 2. The van der Waals surface area contributed by atoms with Crippen molar-refractivity contribution in [2.24, 2.45) is 0 Å². The predicted octanol–water partition coefficient (Wildman–Crippen LogP) is 4.74. The molecule has 0 radical (unpaired) electrons. The summed E-state index contributed by atoms with van der Waals surface area (Å²) in [4.78, 5) is 1.15. The average molecular weight is 518 g/mol. The van der Waals surface area contributed by atoms with Gasteiger partial charge in [0.05, 0.1) is 10.7 Å². The van der Waals surface area contributed by atoms with Crippen LogP contribution in [0.5, 0.6) is 11.5 Å². The van der Waals surface area contributed by atoms with Crippen molar-refractivity contribution >= 4 is 43.2 Å². The molecule has 12 heteroatoms. The maximum absolute atomic E-state index is 12.8. The van der Waals surface area contributed by atoms with E-state index >= 15 is 0 Å². The molecule has 0 heterocycles. The maximum atomic E-state index is 12.8. The van der Waals surface area contributed by atoms with Gasteiger partial charge in [-0.15, -0.1) is 13.2 Å². The highest BCUT2D eigenvalue weighted by molar-refractivity contribution is 9.10. The molecule has 2 aromatic rings. The van der Waals surface area contributed by atoms with Crippen molar-refractivity contribution in [3.63, 3.8) is 0 Å². The Labute approximate surface area is 179 Å². The van der Waals surface area contributed by atoms with Crippen molar-refractivity contribution < 1.29 is 31.1 Å². The van der Waals surface area contributed by atoms with Crippen LogP contribution in [0.15, 0.2) is 45.8 Å². The van der Waals surface area contributed by atoms with Crippen LogP contribution in [0.2, 0.25) is 5.02 Å². The summed E-state index contributed by atoms with van der Waals surface area (Å²) >= 11 is 9.10. The minimum atomic E-state index is -5.07. The third kappa shape index (κ3) is 6.95. The monoisotopic (exact) mass is 516 g/mol. The summed E-state index contributed by atoms with van der Waals surface area (Å²) < 4.78 is 75.5. The third-order valence-electron chi connectivity index (χ3n) is 3.42. The second-order valence-electron chi connectivity index (χ2n) is 6.01. The highest BCUT2D eigenvalue weighted by Crippen LogP contribution is 2.37. The van der Waals surface area contributed by atoms with Crippen LogP contribution in [-0.2, 0) is 10.0 Å². The van der Waals surface area contributed by atoms with Crippen molar-refractivity contribution in [1.29, 1.82) is 0 Å². The Morgan fingerprint density at radius 2 is 1.90 bits per heavy atom. The van der Waals surface area contributed by atoms with Gasteiger partial charge >= 0.3 is 6.36 Å². The van der Waals surface area contributed by atoms with Crippen LogP contribution in [0.3, 0.4) is 0 Å². The van der Waals surface area contributed by atoms with E-state index in [0.717, 1.165) is 12.1 Å².